The van der Waals surface area contributed by atoms with Crippen LogP contribution in [0.25, 0.3) is 0 Å². The van der Waals surface area contributed by atoms with Crippen molar-refractivity contribution >= 4 is 31.9 Å². The van der Waals surface area contributed by atoms with Gasteiger partial charge in [-0.15, -0.1) is 0 Å². The maximum Gasteiger partial charge on any atom is 0.125 e. The summed E-state index contributed by atoms with van der Waals surface area (Å²) < 4.78 is 0. The van der Waals surface area contributed by atoms with E-state index in [-0.39, 0.29) is 48.8 Å². The first-order chi connectivity index (χ1) is 13.3. The molecule has 0 aliphatic heterocycles. The highest BCUT2D eigenvalue weighted by molar-refractivity contribution is 9.11. The van der Waals surface area contributed by atoms with Crippen LogP contribution in [0.15, 0.2) is 0 Å². The average Bonchev–Trinajstić information content (AvgIpc) is 2.74. The molecule has 0 heterocycles. The fourth-order valence-corrected chi connectivity index (χ4v) is 4.54. The molecular weight excluding hydrogens is 650 g/mol. The lowest BCUT2D eigenvalue weighted by atomic mass is 9.95. The number of hydrogen-bond acceptors (Lipinski definition) is 1. The van der Waals surface area contributed by atoms with Crippen molar-refractivity contribution < 1.29 is 44.6 Å². The van der Waals surface area contributed by atoms with Crippen molar-refractivity contribution in [1.82, 2.24) is 0 Å². The van der Waals surface area contributed by atoms with Crippen molar-refractivity contribution in [2.75, 3.05) is 23.7 Å². The van der Waals surface area contributed by atoms with Crippen LogP contribution in [-0.4, -0.2) is 41.9 Å². The van der Waals surface area contributed by atoms with Gasteiger partial charge in [-0.3, -0.25) is 0 Å². The van der Waals surface area contributed by atoms with Crippen molar-refractivity contribution in [1.29, 1.82) is 0 Å². The van der Waals surface area contributed by atoms with E-state index in [1.807, 2.05) is 0 Å². The SMILES string of the molecule is BrCCBr.C.C.C1CCC([NH2+]CC[NH2+]C2CCCCC2)CC1.NC1CCCCC1.[Br-].[Br-]. The van der Waals surface area contributed by atoms with Gasteiger partial charge in [0.05, 0.1) is 12.1 Å². The van der Waals surface area contributed by atoms with Gasteiger partial charge in [0, 0.05) is 16.7 Å². The van der Waals surface area contributed by atoms with Gasteiger partial charge in [-0.25, -0.2) is 0 Å². The zero-order valence-corrected chi connectivity index (χ0v) is 24.8. The van der Waals surface area contributed by atoms with Crippen molar-refractivity contribution in [3.8, 4) is 0 Å². The minimum absolute atomic E-state index is 0. The van der Waals surface area contributed by atoms with Gasteiger partial charge in [0.25, 0.3) is 0 Å². The molecule has 3 saturated carbocycles. The summed E-state index contributed by atoms with van der Waals surface area (Å²) in [5.74, 6) is 0. The molecule has 3 fully saturated rings. The molecular formula is C24H55Br4N3. The van der Waals surface area contributed by atoms with E-state index >= 15 is 0 Å². The highest BCUT2D eigenvalue weighted by Gasteiger charge is 2.18. The number of rotatable bonds is 6. The molecule has 3 aliphatic carbocycles. The molecule has 0 atom stereocenters. The Bertz CT molecular complexity index is 285. The standard InChI is InChI=1S/C14H28N2.C6H13N.C2H4Br2.2CH4.2BrH/c1-3-7-13(8-4-1)15-11-12-16-14-9-5-2-6-10-14;7-6-4-2-1-3-5-6;3-1-2-4;;;;/h13-16H,1-12H2;6H,1-5,7H2;1-2H2;2*1H4;2*1H. The minimum Gasteiger partial charge on any atom is -1.00 e. The second kappa shape index (κ2) is 29.8. The topological polar surface area (TPSA) is 59.2 Å². The molecule has 7 heteroatoms. The molecule has 0 aromatic rings. The van der Waals surface area contributed by atoms with Crippen LogP contribution < -0.4 is 50.3 Å². The number of quaternary nitrogens is 2. The second-order valence-corrected chi connectivity index (χ2v) is 10.2. The molecule has 0 radical (unpaired) electrons. The van der Waals surface area contributed by atoms with Crippen molar-refractivity contribution in [3.63, 3.8) is 0 Å². The lowest BCUT2D eigenvalue weighted by molar-refractivity contribution is -0.756. The lowest BCUT2D eigenvalue weighted by Gasteiger charge is -2.21. The molecule has 3 aliphatic rings. The third-order valence-electron chi connectivity index (χ3n) is 6.19. The highest BCUT2D eigenvalue weighted by Crippen LogP contribution is 2.15. The Labute approximate surface area is 233 Å². The van der Waals surface area contributed by atoms with E-state index < -0.39 is 0 Å². The Morgan fingerprint density at radius 2 is 0.839 bits per heavy atom. The highest BCUT2D eigenvalue weighted by atomic mass is 79.9. The number of alkyl halides is 2. The molecule has 0 saturated heterocycles. The van der Waals surface area contributed by atoms with Gasteiger partial charge >= 0.3 is 0 Å². The summed E-state index contributed by atoms with van der Waals surface area (Å²) in [4.78, 5) is 0. The van der Waals surface area contributed by atoms with Crippen molar-refractivity contribution in [2.45, 2.75) is 129 Å². The van der Waals surface area contributed by atoms with E-state index in [0.717, 1.165) is 22.7 Å². The van der Waals surface area contributed by atoms with E-state index in [9.17, 15) is 0 Å². The molecule has 3 nitrogen and oxygen atoms in total. The summed E-state index contributed by atoms with van der Waals surface area (Å²) >= 11 is 6.40. The summed E-state index contributed by atoms with van der Waals surface area (Å²) in [6.45, 7) is 2.70. The minimum atomic E-state index is 0. The van der Waals surface area contributed by atoms with E-state index in [1.54, 1.807) is 0 Å². The molecule has 0 aromatic carbocycles. The van der Waals surface area contributed by atoms with E-state index in [0.29, 0.717) is 6.04 Å². The Hall–Kier alpha value is 1.80. The molecule has 0 amide bonds. The normalized spacial score (nSPS) is 19.5. The van der Waals surface area contributed by atoms with Crippen molar-refractivity contribution in [2.24, 2.45) is 5.73 Å². The van der Waals surface area contributed by atoms with Gasteiger partial charge < -0.3 is 50.3 Å². The molecule has 0 aromatic heterocycles. The third kappa shape index (κ3) is 24.7. The fraction of sp³-hybridized carbons (Fsp3) is 1.00. The predicted molar refractivity (Wildman–Crippen MR) is 139 cm³/mol. The van der Waals surface area contributed by atoms with E-state index in [4.69, 9.17) is 5.73 Å². The van der Waals surface area contributed by atoms with Gasteiger partial charge in [0.1, 0.15) is 13.1 Å². The van der Waals surface area contributed by atoms with Gasteiger partial charge in [0.15, 0.2) is 0 Å². The molecule has 194 valence electrons. The Morgan fingerprint density at radius 3 is 1.06 bits per heavy atom. The summed E-state index contributed by atoms with van der Waals surface area (Å²) in [6, 6.07) is 2.47. The van der Waals surface area contributed by atoms with Crippen LogP contribution in [0.2, 0.25) is 0 Å². The van der Waals surface area contributed by atoms with Crippen LogP contribution in [0.3, 0.4) is 0 Å². The van der Waals surface area contributed by atoms with Crippen LogP contribution in [0, 0.1) is 0 Å². The summed E-state index contributed by atoms with van der Waals surface area (Å²) in [7, 11) is 0. The number of hydrogen-bond donors (Lipinski definition) is 3. The maximum atomic E-state index is 5.63. The van der Waals surface area contributed by atoms with Crippen LogP contribution >= 0.6 is 31.9 Å². The molecule has 0 unspecified atom stereocenters. The smallest absolute Gasteiger partial charge is 0.125 e. The van der Waals surface area contributed by atoms with Crippen LogP contribution in [0.1, 0.15) is 111 Å². The van der Waals surface area contributed by atoms with E-state index in [1.165, 1.54) is 109 Å². The lowest BCUT2D eigenvalue weighted by Crippen LogP contribution is -3.00. The predicted octanol–water partition coefficient (Wildman–Crippen LogP) is -0.887. The van der Waals surface area contributed by atoms with Gasteiger partial charge in [0.2, 0.25) is 0 Å². The van der Waals surface area contributed by atoms with Crippen molar-refractivity contribution in [3.05, 3.63) is 0 Å². The van der Waals surface area contributed by atoms with Gasteiger partial charge in [-0.1, -0.05) is 78.8 Å². The fourth-order valence-electron chi connectivity index (χ4n) is 4.54. The summed E-state index contributed by atoms with van der Waals surface area (Å²) in [6.07, 6.45) is 21.5. The Kier molecular flexibility index (Phi) is 38.5. The summed E-state index contributed by atoms with van der Waals surface area (Å²) in [5, 5.41) is 7.34. The first-order valence-corrected chi connectivity index (χ1v) is 14.0. The zero-order chi connectivity index (χ0) is 19.6. The second-order valence-electron chi connectivity index (χ2n) is 8.62. The quantitative estimate of drug-likeness (QED) is 0.244. The molecule has 3 rings (SSSR count). The van der Waals surface area contributed by atoms with Crippen LogP contribution in [0.4, 0.5) is 0 Å². The average molecular weight is 705 g/mol. The zero-order valence-electron chi connectivity index (χ0n) is 18.4. The van der Waals surface area contributed by atoms with Gasteiger partial charge in [-0.2, -0.15) is 0 Å². The van der Waals surface area contributed by atoms with Crippen LogP contribution in [0.5, 0.6) is 0 Å². The monoisotopic (exact) mass is 701 g/mol. The van der Waals surface area contributed by atoms with Gasteiger partial charge in [-0.05, 0) is 64.2 Å². The summed E-state index contributed by atoms with van der Waals surface area (Å²) in [5.41, 5.74) is 5.63. The third-order valence-corrected chi connectivity index (χ3v) is 8.04. The first-order valence-electron chi connectivity index (χ1n) is 11.8. The Balaban J connectivity index is -0.000000207. The first kappa shape index (κ1) is 40.0. The number of halogens is 4. The van der Waals surface area contributed by atoms with E-state index in [2.05, 4.69) is 42.5 Å². The maximum absolute atomic E-state index is 5.63. The number of nitrogens with two attached hydrogens (primary N) is 3. The largest absolute Gasteiger partial charge is 1.00 e. The molecule has 31 heavy (non-hydrogen) atoms. The molecule has 0 bridgehead atoms. The molecule has 6 N–H and O–H groups in total. The van der Waals surface area contributed by atoms with Crippen LogP contribution in [-0.2, 0) is 0 Å². The Morgan fingerprint density at radius 1 is 0.548 bits per heavy atom. The molecule has 0 spiro atoms.